The number of nitrogens with one attached hydrogen (secondary N) is 5. The number of nitrogens with two attached hydrogens (primary N) is 8. The van der Waals surface area contributed by atoms with Gasteiger partial charge in [-0.3, -0.25) is 34.2 Å². The molecule has 0 saturated carbocycles. The first-order valence-electron chi connectivity index (χ1n) is 17.2. The number of aliphatic carboxylic acids is 1. The minimum Gasteiger partial charge on any atom is -0.480 e. The van der Waals surface area contributed by atoms with Gasteiger partial charge in [0.15, 0.2) is 17.9 Å². The lowest BCUT2D eigenvalue weighted by Gasteiger charge is -2.26. The molecule has 0 radical (unpaired) electrons. The first-order valence-corrected chi connectivity index (χ1v) is 17.2. The van der Waals surface area contributed by atoms with Gasteiger partial charge in [-0.25, -0.2) is 9.78 Å². The summed E-state index contributed by atoms with van der Waals surface area (Å²) >= 11 is 0. The molecule has 298 valence electrons. The molecular formula is C30H57N17O6. The molecule has 0 unspecified atom stereocenters. The van der Waals surface area contributed by atoms with Crippen LogP contribution in [-0.4, -0.2) is 119 Å². The maximum Gasteiger partial charge on any atom is 0.326 e. The average molecular weight is 752 g/mol. The summed E-state index contributed by atoms with van der Waals surface area (Å²) in [7, 11) is 0. The zero-order chi connectivity index (χ0) is 39.8. The largest absolute Gasteiger partial charge is 0.480 e. The summed E-state index contributed by atoms with van der Waals surface area (Å²) in [4.78, 5) is 84.3. The van der Waals surface area contributed by atoms with Crippen LogP contribution in [-0.2, 0) is 30.4 Å². The molecule has 23 heteroatoms. The fourth-order valence-corrected chi connectivity index (χ4v) is 4.87. The van der Waals surface area contributed by atoms with Crippen molar-refractivity contribution in [1.82, 2.24) is 31.2 Å². The summed E-state index contributed by atoms with van der Waals surface area (Å²) < 4.78 is 0. The summed E-state index contributed by atoms with van der Waals surface area (Å²) in [6.45, 7) is 0.824. The van der Waals surface area contributed by atoms with E-state index in [1.54, 1.807) is 0 Å². The van der Waals surface area contributed by atoms with Crippen LogP contribution in [0.2, 0.25) is 0 Å². The molecule has 0 aliphatic heterocycles. The van der Waals surface area contributed by atoms with E-state index in [-0.39, 0.29) is 82.5 Å². The second-order valence-corrected chi connectivity index (χ2v) is 12.1. The highest BCUT2D eigenvalue weighted by molar-refractivity contribution is 5.95. The number of aliphatic imine (C=N–C) groups is 3. The fraction of sp³-hybridized carbons (Fsp3) is 0.633. The van der Waals surface area contributed by atoms with Crippen molar-refractivity contribution in [3.63, 3.8) is 0 Å². The molecule has 22 N–H and O–H groups in total. The number of aromatic amines is 1. The lowest BCUT2D eigenvalue weighted by molar-refractivity contribution is -0.142. The zero-order valence-corrected chi connectivity index (χ0v) is 29.8. The topological polar surface area (TPSA) is 428 Å². The van der Waals surface area contributed by atoms with Gasteiger partial charge in [0, 0.05) is 37.9 Å². The lowest BCUT2D eigenvalue weighted by Crippen LogP contribution is -2.58. The van der Waals surface area contributed by atoms with Crippen molar-refractivity contribution in [2.45, 2.75) is 94.4 Å². The first kappa shape index (κ1) is 45.3. The molecule has 23 nitrogen and oxygen atoms in total. The van der Waals surface area contributed by atoms with E-state index in [2.05, 4.69) is 46.2 Å². The second-order valence-electron chi connectivity index (χ2n) is 12.1. The monoisotopic (exact) mass is 751 g/mol. The van der Waals surface area contributed by atoms with Crippen molar-refractivity contribution in [2.75, 3.05) is 26.2 Å². The molecule has 1 heterocycles. The van der Waals surface area contributed by atoms with Crippen molar-refractivity contribution in [1.29, 1.82) is 0 Å². The SMILES string of the molecule is NCCCC[C@H](NC(=O)[C@H](Cc1cnc[nH]1)NC(=O)[C@@H](N)CCCN=C(N)N)C(=O)N[C@@H](CCCN=C(N)N)C(=O)N[C@@H](CCCN=C(N)N)C(=O)O. The van der Waals surface area contributed by atoms with E-state index >= 15 is 0 Å². The molecule has 0 bridgehead atoms. The Labute approximate surface area is 307 Å². The van der Waals surface area contributed by atoms with Gasteiger partial charge in [0.25, 0.3) is 0 Å². The third kappa shape index (κ3) is 20.1. The summed E-state index contributed by atoms with van der Waals surface area (Å²) in [6, 6.07) is -5.94. The predicted molar refractivity (Wildman–Crippen MR) is 198 cm³/mol. The number of hydrogen-bond acceptors (Lipinski definition) is 11. The highest BCUT2D eigenvalue weighted by Gasteiger charge is 2.32. The Morgan fingerprint density at radius 1 is 0.642 bits per heavy atom. The number of unbranched alkanes of at least 4 members (excludes halogenated alkanes) is 1. The molecule has 5 atom stereocenters. The van der Waals surface area contributed by atoms with E-state index in [0.29, 0.717) is 31.5 Å². The molecule has 1 aromatic heterocycles. The third-order valence-corrected chi connectivity index (χ3v) is 7.63. The molecule has 4 amide bonds. The van der Waals surface area contributed by atoms with Crippen LogP contribution in [0.25, 0.3) is 0 Å². The normalized spacial score (nSPS) is 13.5. The summed E-state index contributed by atoms with van der Waals surface area (Å²) in [5.41, 5.74) is 44.4. The maximum absolute atomic E-state index is 13.8. The van der Waals surface area contributed by atoms with Gasteiger partial charge in [-0.1, -0.05) is 0 Å². The van der Waals surface area contributed by atoms with Gasteiger partial charge >= 0.3 is 5.97 Å². The van der Waals surface area contributed by atoms with Crippen molar-refractivity contribution in [2.24, 2.45) is 60.8 Å². The van der Waals surface area contributed by atoms with Gasteiger partial charge in [0.1, 0.15) is 24.2 Å². The number of carboxylic acid groups (broad SMARTS) is 1. The number of guanidine groups is 3. The number of nitrogens with zero attached hydrogens (tertiary/aromatic N) is 4. The number of hydrogen-bond donors (Lipinski definition) is 14. The van der Waals surface area contributed by atoms with Crippen LogP contribution in [0.4, 0.5) is 0 Å². The Morgan fingerprint density at radius 2 is 1.08 bits per heavy atom. The molecule has 0 aromatic carbocycles. The van der Waals surface area contributed by atoms with Crippen LogP contribution < -0.4 is 67.1 Å². The second kappa shape index (κ2) is 25.3. The van der Waals surface area contributed by atoms with Gasteiger partial charge in [-0.05, 0) is 64.3 Å². The minimum atomic E-state index is -1.32. The van der Waals surface area contributed by atoms with Gasteiger partial charge in [0.2, 0.25) is 23.6 Å². The third-order valence-electron chi connectivity index (χ3n) is 7.63. The standard InChI is InChI=1S/C30H57N17O6/c31-10-2-1-7-19(45-26(51)22(14-17-15-39-16-43-17)47-23(48)18(32)6-3-11-40-28(33)34)24(49)44-20(8-4-12-41-29(35)36)25(50)46-21(27(52)53)9-5-13-42-30(37)38/h15-16,18-22H,1-14,31-32H2,(H,39,43)(H,44,49)(H,45,51)(H,46,50)(H,47,48)(H,52,53)(H4,33,34,40)(H4,35,36,41)(H4,37,38,42)/t18-,19-,20-,21-,22-/m0/s1. The molecule has 0 saturated heterocycles. The zero-order valence-electron chi connectivity index (χ0n) is 29.8. The Balaban J connectivity index is 3.23. The number of aromatic nitrogens is 2. The molecule has 53 heavy (non-hydrogen) atoms. The van der Waals surface area contributed by atoms with Crippen molar-refractivity contribution in [3.8, 4) is 0 Å². The van der Waals surface area contributed by atoms with Gasteiger partial charge in [-0.2, -0.15) is 0 Å². The van der Waals surface area contributed by atoms with Gasteiger partial charge in [-0.15, -0.1) is 0 Å². The summed E-state index contributed by atoms with van der Waals surface area (Å²) in [6.07, 6.45) is 5.02. The van der Waals surface area contributed by atoms with E-state index in [9.17, 15) is 29.1 Å². The number of carbonyl (C=O) groups is 5. The van der Waals surface area contributed by atoms with Crippen LogP contribution in [0, 0.1) is 0 Å². The van der Waals surface area contributed by atoms with Crippen LogP contribution in [0.3, 0.4) is 0 Å². The fourth-order valence-electron chi connectivity index (χ4n) is 4.87. The smallest absolute Gasteiger partial charge is 0.326 e. The lowest BCUT2D eigenvalue weighted by atomic mass is 10.0. The van der Waals surface area contributed by atoms with E-state index in [1.165, 1.54) is 12.5 Å². The average Bonchev–Trinajstić information content (AvgIpc) is 3.61. The highest BCUT2D eigenvalue weighted by atomic mass is 16.4. The molecule has 0 aliphatic rings. The molecule has 0 spiro atoms. The van der Waals surface area contributed by atoms with Crippen LogP contribution in [0.15, 0.2) is 27.5 Å². The molecule has 1 aromatic rings. The van der Waals surface area contributed by atoms with Crippen LogP contribution in [0.1, 0.15) is 63.5 Å². The van der Waals surface area contributed by atoms with Gasteiger partial charge < -0.3 is 77.2 Å². The summed E-state index contributed by atoms with van der Waals surface area (Å²) in [5.74, 6) is -4.60. The number of rotatable bonds is 27. The quantitative estimate of drug-likeness (QED) is 0.0227. The van der Waals surface area contributed by atoms with Crippen molar-refractivity contribution >= 4 is 47.5 Å². The van der Waals surface area contributed by atoms with Crippen LogP contribution in [0.5, 0.6) is 0 Å². The van der Waals surface area contributed by atoms with Crippen molar-refractivity contribution in [3.05, 3.63) is 18.2 Å². The van der Waals surface area contributed by atoms with E-state index < -0.39 is 59.8 Å². The summed E-state index contributed by atoms with van der Waals surface area (Å²) in [5, 5.41) is 20.2. The molecular weight excluding hydrogens is 694 g/mol. The molecule has 1 rings (SSSR count). The first-order chi connectivity index (χ1) is 25.1. The van der Waals surface area contributed by atoms with Crippen molar-refractivity contribution < 1.29 is 29.1 Å². The highest BCUT2D eigenvalue weighted by Crippen LogP contribution is 2.08. The molecule has 0 aliphatic carbocycles. The number of carbonyl (C=O) groups excluding carboxylic acids is 4. The minimum absolute atomic E-state index is 0.00629. The predicted octanol–water partition coefficient (Wildman–Crippen LogP) is -5.41. The Morgan fingerprint density at radius 3 is 1.53 bits per heavy atom. The maximum atomic E-state index is 13.8. The number of H-pyrrole nitrogens is 1. The Kier molecular flexibility index (Phi) is 21.6. The van der Waals surface area contributed by atoms with E-state index in [0.717, 1.165) is 0 Å². The Hall–Kier alpha value is -5.71. The number of amides is 4. The Bertz CT molecular complexity index is 1380. The molecule has 0 fully saturated rings. The van der Waals surface area contributed by atoms with E-state index in [1.807, 2.05) is 0 Å². The van der Waals surface area contributed by atoms with Gasteiger partial charge in [0.05, 0.1) is 12.4 Å². The number of carboxylic acids is 1. The number of imidazole rings is 1. The van der Waals surface area contributed by atoms with E-state index in [4.69, 9.17) is 45.9 Å². The van der Waals surface area contributed by atoms with Crippen LogP contribution >= 0.6 is 0 Å².